The van der Waals surface area contributed by atoms with Gasteiger partial charge in [0.1, 0.15) is 0 Å². The van der Waals surface area contributed by atoms with Crippen molar-refractivity contribution in [2.24, 2.45) is 0 Å². The molecule has 2 aromatic heterocycles. The molecule has 0 saturated carbocycles. The van der Waals surface area contributed by atoms with Gasteiger partial charge < -0.3 is 15.4 Å². The van der Waals surface area contributed by atoms with E-state index < -0.39 is 9.84 Å². The monoisotopic (exact) mass is 457 g/mol. The lowest BCUT2D eigenvalue weighted by molar-refractivity contribution is 0.0904. The van der Waals surface area contributed by atoms with Crippen molar-refractivity contribution in [2.75, 3.05) is 30.1 Å². The zero-order chi connectivity index (χ0) is 22.7. The highest BCUT2D eigenvalue weighted by atomic mass is 32.2. The fraction of sp³-hybridized carbons (Fsp3) is 0.409. The summed E-state index contributed by atoms with van der Waals surface area (Å²) in [5.74, 6) is -0.336. The minimum atomic E-state index is -3.12. The Balaban J connectivity index is 1.62. The molecule has 0 bridgehead atoms. The maximum absolute atomic E-state index is 13.2. The Morgan fingerprint density at radius 1 is 1.19 bits per heavy atom. The van der Waals surface area contributed by atoms with Crippen molar-refractivity contribution in [3.8, 4) is 0 Å². The number of amides is 1. The number of sulfone groups is 1. The van der Waals surface area contributed by atoms with Crippen LogP contribution in [0.3, 0.4) is 0 Å². The fourth-order valence-electron chi connectivity index (χ4n) is 3.82. The number of ether oxygens (including phenoxy) is 1. The third-order valence-corrected chi connectivity index (χ3v) is 6.28. The van der Waals surface area contributed by atoms with E-state index >= 15 is 0 Å². The molecule has 0 aliphatic carbocycles. The zero-order valence-corrected chi connectivity index (χ0v) is 19.0. The Morgan fingerprint density at radius 3 is 2.56 bits per heavy atom. The predicted molar refractivity (Wildman–Crippen MR) is 124 cm³/mol. The van der Waals surface area contributed by atoms with Crippen LogP contribution in [0.1, 0.15) is 35.7 Å². The highest BCUT2D eigenvalue weighted by molar-refractivity contribution is 7.89. The molecule has 1 aliphatic rings. The van der Waals surface area contributed by atoms with Crippen molar-refractivity contribution in [3.63, 3.8) is 0 Å². The molecule has 1 saturated heterocycles. The van der Waals surface area contributed by atoms with Crippen molar-refractivity contribution in [3.05, 3.63) is 47.8 Å². The third kappa shape index (κ3) is 5.08. The normalized spacial score (nSPS) is 15.1. The Kier molecular flexibility index (Phi) is 6.43. The Morgan fingerprint density at radius 2 is 1.91 bits per heavy atom. The number of rotatable bonds is 7. The first-order valence-electron chi connectivity index (χ1n) is 10.6. The van der Waals surface area contributed by atoms with Crippen LogP contribution in [-0.2, 0) is 26.9 Å². The van der Waals surface area contributed by atoms with Crippen LogP contribution in [-0.4, -0.2) is 54.6 Å². The molecule has 0 atom stereocenters. The summed E-state index contributed by atoms with van der Waals surface area (Å²) in [7, 11) is -3.12. The largest absolute Gasteiger partial charge is 0.381 e. The molecule has 1 fully saturated rings. The van der Waals surface area contributed by atoms with Gasteiger partial charge in [-0.2, -0.15) is 5.10 Å². The molecule has 2 N–H and O–H groups in total. The summed E-state index contributed by atoms with van der Waals surface area (Å²) in [4.78, 5) is 17.7. The molecule has 10 heteroatoms. The van der Waals surface area contributed by atoms with E-state index in [2.05, 4.69) is 20.7 Å². The molecule has 0 unspecified atom stereocenters. The number of nitrogens with one attached hydrogen (secondary N) is 2. The summed E-state index contributed by atoms with van der Waals surface area (Å²) in [6.45, 7) is 4.04. The number of nitrogens with zero attached hydrogens (tertiary/aromatic N) is 3. The first-order valence-corrected chi connectivity index (χ1v) is 12.7. The van der Waals surface area contributed by atoms with Crippen LogP contribution in [0.25, 0.3) is 11.0 Å². The molecular formula is C22H27N5O4S. The van der Waals surface area contributed by atoms with Gasteiger partial charge >= 0.3 is 0 Å². The molecule has 32 heavy (non-hydrogen) atoms. The van der Waals surface area contributed by atoms with Crippen molar-refractivity contribution < 1.29 is 17.9 Å². The van der Waals surface area contributed by atoms with Crippen LogP contribution < -0.4 is 10.6 Å². The van der Waals surface area contributed by atoms with Gasteiger partial charge in [-0.05, 0) is 37.5 Å². The highest BCUT2D eigenvalue weighted by Gasteiger charge is 2.22. The molecule has 4 rings (SSSR count). The fourth-order valence-corrected chi connectivity index (χ4v) is 4.62. The smallest absolute Gasteiger partial charge is 0.259 e. The quantitative estimate of drug-likeness (QED) is 0.560. The van der Waals surface area contributed by atoms with E-state index in [1.807, 2.05) is 6.92 Å². The summed E-state index contributed by atoms with van der Waals surface area (Å²) in [5.41, 5.74) is 3.12. The van der Waals surface area contributed by atoms with Crippen LogP contribution in [0.5, 0.6) is 0 Å². The molecule has 1 amide bonds. The summed E-state index contributed by atoms with van der Waals surface area (Å²) < 4.78 is 30.2. The van der Waals surface area contributed by atoms with Crippen LogP contribution >= 0.6 is 0 Å². The number of hydrogen-bond donors (Lipinski definition) is 2. The van der Waals surface area contributed by atoms with Crippen LogP contribution in [0.15, 0.2) is 36.7 Å². The second-order valence-electron chi connectivity index (χ2n) is 8.00. The standard InChI is InChI=1S/C22H27N5O4S/c1-3-27-21-18(13-24-27)20(25-17-8-10-31-11-9-17)19(12-23-21)22(28)26-16-6-4-15(5-7-16)14-32(2,29)30/h4-7,12-13,17H,3,8-11,14H2,1-2H3,(H,23,25)(H,26,28). The first kappa shape index (κ1) is 22.2. The highest BCUT2D eigenvalue weighted by Crippen LogP contribution is 2.29. The lowest BCUT2D eigenvalue weighted by atomic mass is 10.1. The summed E-state index contributed by atoms with van der Waals surface area (Å²) in [6.07, 6.45) is 6.22. The molecule has 170 valence electrons. The van der Waals surface area contributed by atoms with Gasteiger partial charge in [-0.1, -0.05) is 12.1 Å². The molecular weight excluding hydrogens is 430 g/mol. The Hall–Kier alpha value is -2.98. The van der Waals surface area contributed by atoms with Gasteiger partial charge in [-0.25, -0.2) is 18.1 Å². The van der Waals surface area contributed by atoms with E-state index in [9.17, 15) is 13.2 Å². The number of aromatic nitrogens is 3. The maximum atomic E-state index is 13.2. The Bertz CT molecular complexity index is 1220. The Labute approximate surface area is 187 Å². The number of hydrogen-bond acceptors (Lipinski definition) is 7. The SMILES string of the molecule is CCn1ncc2c(NC3CCOCC3)c(C(=O)Nc3ccc(CS(C)(=O)=O)cc3)cnc21. The van der Waals surface area contributed by atoms with E-state index in [0.717, 1.165) is 23.9 Å². The second-order valence-corrected chi connectivity index (χ2v) is 10.1. The average Bonchev–Trinajstić information content (AvgIpc) is 3.19. The molecule has 0 spiro atoms. The molecule has 3 heterocycles. The second kappa shape index (κ2) is 9.25. The zero-order valence-electron chi connectivity index (χ0n) is 18.2. The number of benzene rings is 1. The number of anilines is 2. The molecule has 9 nitrogen and oxygen atoms in total. The number of carbonyl (C=O) groups excluding carboxylic acids is 1. The van der Waals surface area contributed by atoms with Crippen molar-refractivity contribution in [2.45, 2.75) is 38.1 Å². The summed E-state index contributed by atoms with van der Waals surface area (Å²) in [6, 6.07) is 6.99. The van der Waals surface area contributed by atoms with Crippen molar-refractivity contribution in [1.29, 1.82) is 0 Å². The molecule has 3 aromatic rings. The van der Waals surface area contributed by atoms with Crippen LogP contribution in [0.2, 0.25) is 0 Å². The van der Waals surface area contributed by atoms with E-state index in [4.69, 9.17) is 4.74 Å². The van der Waals surface area contributed by atoms with Gasteiger partial charge in [0.15, 0.2) is 15.5 Å². The van der Waals surface area contributed by atoms with Gasteiger partial charge in [0, 0.05) is 43.9 Å². The number of aryl methyl sites for hydroxylation is 1. The number of fused-ring (bicyclic) bond motifs is 1. The maximum Gasteiger partial charge on any atom is 0.259 e. The van der Waals surface area contributed by atoms with Crippen molar-refractivity contribution >= 4 is 38.2 Å². The van der Waals surface area contributed by atoms with Crippen molar-refractivity contribution in [1.82, 2.24) is 14.8 Å². The lowest BCUT2D eigenvalue weighted by Gasteiger charge is -2.25. The number of pyridine rings is 1. The number of carbonyl (C=O) groups is 1. The first-order chi connectivity index (χ1) is 15.3. The van der Waals surface area contributed by atoms with E-state index in [-0.39, 0.29) is 17.7 Å². The van der Waals surface area contributed by atoms with Crippen LogP contribution in [0, 0.1) is 0 Å². The van der Waals surface area contributed by atoms with E-state index in [1.54, 1.807) is 41.3 Å². The van der Waals surface area contributed by atoms with E-state index in [0.29, 0.717) is 42.3 Å². The summed E-state index contributed by atoms with van der Waals surface area (Å²) in [5, 5.41) is 11.6. The topological polar surface area (TPSA) is 115 Å². The summed E-state index contributed by atoms with van der Waals surface area (Å²) >= 11 is 0. The minimum Gasteiger partial charge on any atom is -0.381 e. The van der Waals surface area contributed by atoms with Gasteiger partial charge in [0.2, 0.25) is 0 Å². The van der Waals surface area contributed by atoms with Gasteiger partial charge in [0.25, 0.3) is 5.91 Å². The van der Waals surface area contributed by atoms with Gasteiger partial charge in [-0.15, -0.1) is 0 Å². The van der Waals surface area contributed by atoms with Crippen LogP contribution in [0.4, 0.5) is 11.4 Å². The predicted octanol–water partition coefficient (Wildman–Crippen LogP) is 2.84. The van der Waals surface area contributed by atoms with Gasteiger partial charge in [-0.3, -0.25) is 4.79 Å². The average molecular weight is 458 g/mol. The molecule has 1 aromatic carbocycles. The molecule has 1 aliphatic heterocycles. The minimum absolute atomic E-state index is 0.0393. The molecule has 0 radical (unpaired) electrons. The third-order valence-electron chi connectivity index (χ3n) is 5.42. The van der Waals surface area contributed by atoms with Gasteiger partial charge in [0.05, 0.1) is 28.6 Å². The van der Waals surface area contributed by atoms with E-state index in [1.165, 1.54) is 6.26 Å². The lowest BCUT2D eigenvalue weighted by Crippen LogP contribution is -2.29.